The molecule has 2 aromatic heterocycles. The molecule has 2 heterocycles. The maximum Gasteiger partial charge on any atom is 0.350 e. The van der Waals surface area contributed by atoms with Crippen LogP contribution in [-0.2, 0) is 32.8 Å². The molecule has 12 heteroatoms. The number of esters is 1. The van der Waals surface area contributed by atoms with Crippen molar-refractivity contribution in [2.75, 3.05) is 6.61 Å². The van der Waals surface area contributed by atoms with Gasteiger partial charge in [0.2, 0.25) is 5.13 Å². The Bertz CT molecular complexity index is 1630. The number of carbonyl (C=O) groups is 1. The van der Waals surface area contributed by atoms with E-state index in [4.69, 9.17) is 19.7 Å². The standard InChI is InChI=1S/C31H33FN4O4S2.H2O/c1-2-39-30(37)28-18-34-31(41-28)36-27(14-19-10-11-19)25(16-20-12-13-24(42(33)38)17-26(20)32)29(35-36)21-6-5-9-23(15-21)40-22-7-3-4-8-22;/h5-6,9,12-13,15,17-19,22H,2-4,7-8,10-11,14,16H2,1H3,(H2,33,38);1H2. The van der Waals surface area contributed by atoms with E-state index in [9.17, 15) is 9.00 Å². The van der Waals surface area contributed by atoms with Crippen molar-refractivity contribution >= 4 is 28.3 Å². The molecular weight excluding hydrogens is 591 g/mol. The number of halogens is 1. The molecule has 228 valence electrons. The summed E-state index contributed by atoms with van der Waals surface area (Å²) in [5.74, 6) is 0.399. The van der Waals surface area contributed by atoms with Gasteiger partial charge in [-0.3, -0.25) is 0 Å². The summed E-state index contributed by atoms with van der Waals surface area (Å²) < 4.78 is 40.4. The molecule has 4 aromatic rings. The summed E-state index contributed by atoms with van der Waals surface area (Å²) in [4.78, 5) is 17.6. The van der Waals surface area contributed by atoms with Gasteiger partial charge in [-0.05, 0) is 81.5 Å². The average Bonchev–Trinajstić information content (AvgIpc) is 3.32. The zero-order valence-electron chi connectivity index (χ0n) is 23.9. The molecule has 3 N–H and O–H groups in total. The van der Waals surface area contributed by atoms with Gasteiger partial charge in [0.1, 0.15) is 16.4 Å². The molecular formula is C31H35FN4O5S2. The van der Waals surface area contributed by atoms with Gasteiger partial charge in [-0.15, -0.1) is 5.14 Å². The largest absolute Gasteiger partial charge is 0.870 e. The maximum absolute atomic E-state index is 15.3. The summed E-state index contributed by atoms with van der Waals surface area (Å²) in [6, 6.07) is 12.4. The van der Waals surface area contributed by atoms with Crippen molar-refractivity contribution in [1.82, 2.24) is 14.8 Å². The lowest BCUT2D eigenvalue weighted by atomic mass is 9.96. The van der Waals surface area contributed by atoms with E-state index < -0.39 is 22.8 Å². The lowest BCUT2D eigenvalue weighted by molar-refractivity contribution is 0.0531. The Labute approximate surface area is 256 Å². The van der Waals surface area contributed by atoms with E-state index >= 15 is 4.39 Å². The Balaban J connectivity index is 0.00000368. The van der Waals surface area contributed by atoms with Crippen molar-refractivity contribution in [2.24, 2.45) is 11.1 Å². The highest BCUT2D eigenvalue weighted by molar-refractivity contribution is 7.82. The Morgan fingerprint density at radius 3 is 2.65 bits per heavy atom. The van der Waals surface area contributed by atoms with Crippen molar-refractivity contribution in [3.8, 4) is 22.1 Å². The fourth-order valence-electron chi connectivity index (χ4n) is 5.45. The van der Waals surface area contributed by atoms with Crippen LogP contribution in [0, 0.1) is 11.7 Å². The minimum absolute atomic E-state index is 0. The van der Waals surface area contributed by atoms with Crippen molar-refractivity contribution in [3.63, 3.8) is 0 Å². The summed E-state index contributed by atoms with van der Waals surface area (Å²) in [6.07, 6.45) is 9.42. The average molecular weight is 627 g/mol. The molecule has 0 aliphatic heterocycles. The number of aromatic nitrogens is 3. The monoisotopic (exact) mass is 626 g/mol. The van der Waals surface area contributed by atoms with Gasteiger partial charge in [0, 0.05) is 23.6 Å². The number of hydrogen-bond donors (Lipinski definition) is 1. The fourth-order valence-corrected chi connectivity index (χ4v) is 6.70. The van der Waals surface area contributed by atoms with Crippen LogP contribution in [0.3, 0.4) is 0 Å². The number of thiazole rings is 1. The minimum Gasteiger partial charge on any atom is -0.870 e. The van der Waals surface area contributed by atoms with Gasteiger partial charge in [-0.2, -0.15) is 5.10 Å². The fraction of sp³-hybridized carbons (Fsp3) is 0.387. The van der Waals surface area contributed by atoms with Gasteiger partial charge in [0.15, 0.2) is 15.9 Å². The number of nitrogens with zero attached hydrogens (tertiary/aromatic N) is 3. The molecule has 2 aliphatic rings. The SMILES string of the molecule is CCOC(=O)c1cnc(-n2nc(-c3cccc(OC4CCCC4)c3)c(Cc3ccc([SH+](N)=O)cc3F)c2CC2CC2)s1.[OH-]. The van der Waals surface area contributed by atoms with Crippen LogP contribution in [0.25, 0.3) is 16.4 Å². The Morgan fingerprint density at radius 2 is 1.95 bits per heavy atom. The molecule has 1 unspecified atom stereocenters. The van der Waals surface area contributed by atoms with Crippen LogP contribution in [0.15, 0.2) is 53.6 Å². The minimum atomic E-state index is -2.14. The molecule has 0 radical (unpaired) electrons. The zero-order chi connectivity index (χ0) is 29.2. The second kappa shape index (κ2) is 13.5. The molecule has 0 amide bonds. The highest BCUT2D eigenvalue weighted by Gasteiger charge is 2.30. The van der Waals surface area contributed by atoms with Crippen LogP contribution in [0.4, 0.5) is 4.39 Å². The van der Waals surface area contributed by atoms with Crippen LogP contribution in [0.1, 0.15) is 71.9 Å². The maximum atomic E-state index is 15.3. The van der Waals surface area contributed by atoms with E-state index in [2.05, 4.69) is 4.98 Å². The molecule has 43 heavy (non-hydrogen) atoms. The third-order valence-corrected chi connectivity index (χ3v) is 9.53. The molecule has 0 bridgehead atoms. The highest BCUT2D eigenvalue weighted by atomic mass is 32.2. The third kappa shape index (κ3) is 7.04. The van der Waals surface area contributed by atoms with Gasteiger partial charge in [-0.25, -0.2) is 18.9 Å². The Kier molecular flexibility index (Phi) is 9.70. The molecule has 9 nitrogen and oxygen atoms in total. The molecule has 0 saturated heterocycles. The normalized spacial score (nSPS) is 15.7. The predicted octanol–water partition coefficient (Wildman–Crippen LogP) is 5.93. The van der Waals surface area contributed by atoms with Crippen molar-refractivity contribution in [1.29, 1.82) is 0 Å². The number of hydrogen-bond acceptors (Lipinski definition) is 8. The second-order valence-corrected chi connectivity index (χ2v) is 13.1. The van der Waals surface area contributed by atoms with Gasteiger partial charge < -0.3 is 14.9 Å². The summed E-state index contributed by atoms with van der Waals surface area (Å²) in [5, 5.41) is 11.1. The summed E-state index contributed by atoms with van der Waals surface area (Å²) in [7, 11) is -2.14. The first kappa shape index (κ1) is 31.0. The number of ether oxygens (including phenoxy) is 2. The number of nitrogens with two attached hydrogens (primary N) is 1. The van der Waals surface area contributed by atoms with E-state index in [1.165, 1.54) is 36.4 Å². The smallest absolute Gasteiger partial charge is 0.350 e. The van der Waals surface area contributed by atoms with Crippen molar-refractivity contribution in [3.05, 3.63) is 76.2 Å². The Hall–Kier alpha value is -3.45. The first-order valence-corrected chi connectivity index (χ1v) is 16.6. The molecule has 2 aromatic carbocycles. The predicted molar refractivity (Wildman–Crippen MR) is 163 cm³/mol. The van der Waals surface area contributed by atoms with Crippen LogP contribution in [0.5, 0.6) is 5.75 Å². The summed E-state index contributed by atoms with van der Waals surface area (Å²) >= 11 is 1.22. The van der Waals surface area contributed by atoms with Gasteiger partial charge in [0.25, 0.3) is 0 Å². The molecule has 1 atom stereocenters. The van der Waals surface area contributed by atoms with Crippen LogP contribution in [0.2, 0.25) is 0 Å². The topological polar surface area (TPSA) is 139 Å². The summed E-state index contributed by atoms with van der Waals surface area (Å²) in [5.41, 5.74) is 3.85. The van der Waals surface area contributed by atoms with Gasteiger partial charge in [-0.1, -0.05) is 33.7 Å². The van der Waals surface area contributed by atoms with E-state index in [-0.39, 0.29) is 29.5 Å². The van der Waals surface area contributed by atoms with E-state index in [0.717, 1.165) is 54.7 Å². The molecule has 6 rings (SSSR count). The van der Waals surface area contributed by atoms with Crippen molar-refractivity contribution in [2.45, 2.75) is 69.3 Å². The van der Waals surface area contributed by atoms with Gasteiger partial charge >= 0.3 is 5.97 Å². The van der Waals surface area contributed by atoms with E-state index in [1.807, 2.05) is 28.9 Å². The number of thiol groups is 1. The molecule has 2 saturated carbocycles. The lowest BCUT2D eigenvalue weighted by Crippen LogP contribution is -2.10. The van der Waals surface area contributed by atoms with E-state index in [0.29, 0.717) is 27.2 Å². The number of carbonyl (C=O) groups excluding carboxylic acids is 1. The Morgan fingerprint density at radius 1 is 1.16 bits per heavy atom. The number of rotatable bonds is 11. The zero-order valence-corrected chi connectivity index (χ0v) is 25.6. The van der Waals surface area contributed by atoms with Crippen LogP contribution in [-0.4, -0.2) is 38.9 Å². The lowest BCUT2D eigenvalue weighted by Gasteiger charge is -2.14. The van der Waals surface area contributed by atoms with Gasteiger partial charge in [0.05, 0.1) is 30.3 Å². The second-order valence-electron chi connectivity index (χ2n) is 10.9. The first-order valence-electron chi connectivity index (χ1n) is 14.4. The quantitative estimate of drug-likeness (QED) is 0.124. The van der Waals surface area contributed by atoms with E-state index in [1.54, 1.807) is 19.1 Å². The van der Waals surface area contributed by atoms with Crippen LogP contribution < -0.4 is 9.88 Å². The molecule has 2 aliphatic carbocycles. The molecule has 2 fully saturated rings. The third-order valence-electron chi connectivity index (χ3n) is 7.79. The van der Waals surface area contributed by atoms with Crippen LogP contribution >= 0.6 is 11.3 Å². The highest BCUT2D eigenvalue weighted by Crippen LogP contribution is 2.39. The van der Waals surface area contributed by atoms with Crippen molar-refractivity contribution < 1.29 is 28.3 Å². The summed E-state index contributed by atoms with van der Waals surface area (Å²) in [6.45, 7) is 2.04. The molecule has 0 spiro atoms. The number of benzene rings is 2. The first-order chi connectivity index (χ1) is 20.4.